The quantitative estimate of drug-likeness (QED) is 0.0934. The number of ether oxygens (including phenoxy) is 2. The highest BCUT2D eigenvalue weighted by Crippen LogP contribution is 2.27. The van der Waals surface area contributed by atoms with Crippen LogP contribution in [0.25, 0.3) is 0 Å². The third kappa shape index (κ3) is 82.5. The van der Waals surface area contributed by atoms with Gasteiger partial charge in [0.25, 0.3) is 0 Å². The summed E-state index contributed by atoms with van der Waals surface area (Å²) in [6.45, 7) is 41.4. The average molecular weight is 1160 g/mol. The van der Waals surface area contributed by atoms with Crippen LogP contribution in [0.5, 0.6) is 0 Å². The van der Waals surface area contributed by atoms with E-state index in [0.717, 1.165) is 93.8 Å². The van der Waals surface area contributed by atoms with Gasteiger partial charge in [-0.2, -0.15) is 0 Å². The van der Waals surface area contributed by atoms with Gasteiger partial charge >= 0.3 is 0 Å². The van der Waals surface area contributed by atoms with Crippen molar-refractivity contribution in [1.29, 1.82) is 0 Å². The maximum Gasteiger partial charge on any atom is 0.151 e. The van der Waals surface area contributed by atoms with Crippen molar-refractivity contribution in [1.82, 2.24) is 15.1 Å². The Labute approximate surface area is 497 Å². The molecule has 0 unspecified atom stereocenters. The van der Waals surface area contributed by atoms with E-state index in [0.29, 0.717) is 25.7 Å². The summed E-state index contributed by atoms with van der Waals surface area (Å²) in [5, 5.41) is 45.7. The first-order valence-corrected chi connectivity index (χ1v) is 33.2. The van der Waals surface area contributed by atoms with Gasteiger partial charge in [0, 0.05) is 66.6 Å². The van der Waals surface area contributed by atoms with E-state index in [1.807, 2.05) is 52.0 Å². The van der Waals surface area contributed by atoms with Crippen LogP contribution < -0.4 is 5.32 Å². The van der Waals surface area contributed by atoms with Crippen LogP contribution in [-0.2, 0) is 31.5 Å². The summed E-state index contributed by atoms with van der Waals surface area (Å²) in [7, 11) is 4.92. The molecule has 4 fully saturated rings. The van der Waals surface area contributed by atoms with Gasteiger partial charge < -0.3 is 50.1 Å². The predicted molar refractivity (Wildman–Crippen MR) is 350 cm³/mol. The molecule has 3 aliphatic heterocycles. The van der Waals surface area contributed by atoms with Crippen molar-refractivity contribution in [2.75, 3.05) is 107 Å². The number of rotatable bonds is 15. The van der Waals surface area contributed by atoms with Gasteiger partial charge in [0.2, 0.25) is 0 Å². The Hall–Kier alpha value is -2.01. The molecular formula is C67H137N3O9S. The molecule has 4 aliphatic rings. The largest absolute Gasteiger partial charge is 0.396 e. The minimum atomic E-state index is -2.88. The molecule has 80 heavy (non-hydrogen) atoms. The number of likely N-dealkylation sites (tertiary alicyclic amines) is 2. The van der Waals surface area contributed by atoms with E-state index < -0.39 is 21.0 Å². The van der Waals surface area contributed by atoms with Crippen LogP contribution in [0.2, 0.25) is 0 Å². The highest BCUT2D eigenvalue weighted by atomic mass is 32.2. The summed E-state index contributed by atoms with van der Waals surface area (Å²) in [4.78, 5) is 4.73. The fraction of sp³-hybridized carbons (Fsp3) is 0.821. The highest BCUT2D eigenvalue weighted by molar-refractivity contribution is 7.89. The molecule has 2 aromatic carbocycles. The monoisotopic (exact) mass is 1160 g/mol. The van der Waals surface area contributed by atoms with Crippen molar-refractivity contribution >= 4 is 9.84 Å². The van der Waals surface area contributed by atoms with Gasteiger partial charge in [-0.3, -0.25) is 0 Å². The molecule has 0 amide bonds. The SMILES string of the molecule is CC1CCC(CO)CC1.CC1CCN(C)CC1.CC1CN(C)C1.CC1CNC1.CCC(C)(C)O.CCCC(C)(C)O.CCCCO.CCCCOC.CCCO.CCCOC.CCc1ccccc1.CS(=O)(=O)Cc1ccccc1. The Kier molecular flexibility index (Phi) is 70.3. The zero-order valence-electron chi connectivity index (χ0n) is 56.1. The van der Waals surface area contributed by atoms with E-state index in [4.69, 9.17) is 35.0 Å². The van der Waals surface area contributed by atoms with Gasteiger partial charge in [0.15, 0.2) is 9.84 Å². The molecule has 0 spiro atoms. The molecule has 12 nitrogen and oxygen atoms in total. The van der Waals surface area contributed by atoms with Crippen LogP contribution in [0.3, 0.4) is 0 Å². The van der Waals surface area contributed by atoms with E-state index >= 15 is 0 Å². The third-order valence-electron chi connectivity index (χ3n) is 12.7. The van der Waals surface area contributed by atoms with Crippen molar-refractivity contribution in [2.45, 2.75) is 224 Å². The first kappa shape index (κ1) is 89.2. The standard InChI is InChI=1S/C8H10O2S.C8H16O.C8H10.C7H15N.C6H14O.C5H11N.2C5H12O.C4H9N.2C4H10O.C3H8O/c1-11(9,10)7-8-5-3-2-4-6-8;1-7-2-4-8(6-9)5-3-7;1-2-8-6-4-3-5-7-8;1-7-3-5-8(2)6-4-7;1-4-5-6(2,3)7;1-5-3-6(2)4-5;1-4-5(2,3)6;1-3-4-5-6-2;1-4-2-5-3-4;1-3-4-5-2;1-2-3-4-5;1-2-3-4/h2-6H,7H2,1H3;7-9H,2-6H2,1H3;3-7H,2H2,1H3;7H,3-6H2,1-2H3;7H,4-5H2,1-3H3;5H,3-4H2,1-2H3;6H,4H2,1-3H3;3-5H2,1-2H3;4-5H,2-3H2,1H3;3-4H2,1-2H3;5H,2-4H2,1H3;4H,2-3H2,1H3. The lowest BCUT2D eigenvalue weighted by Crippen LogP contribution is -2.41. The molecular weight excluding hydrogens is 1020 g/mol. The second-order valence-electron chi connectivity index (χ2n) is 23.6. The van der Waals surface area contributed by atoms with E-state index in [-0.39, 0.29) is 5.75 Å². The van der Waals surface area contributed by atoms with Gasteiger partial charge in [0.05, 0.1) is 17.0 Å². The number of methoxy groups -OCH3 is 2. The summed E-state index contributed by atoms with van der Waals surface area (Å²) in [6, 6.07) is 19.6. The fourth-order valence-corrected chi connectivity index (χ4v) is 7.74. The maximum absolute atomic E-state index is 10.8. The number of aliphatic hydroxyl groups excluding tert-OH is 3. The van der Waals surface area contributed by atoms with Crippen LogP contribution in [0, 0.1) is 29.6 Å². The Morgan fingerprint density at radius 3 is 1.16 bits per heavy atom. The molecule has 6 N–H and O–H groups in total. The van der Waals surface area contributed by atoms with Gasteiger partial charge in [-0.05, 0) is 179 Å². The van der Waals surface area contributed by atoms with Crippen LogP contribution in [-0.4, -0.2) is 162 Å². The minimum absolute atomic E-state index is 0.133. The third-order valence-corrected chi connectivity index (χ3v) is 13.6. The second kappa shape index (κ2) is 63.0. The Bertz CT molecular complexity index is 1510. The first-order valence-electron chi connectivity index (χ1n) is 31.2. The lowest BCUT2D eigenvalue weighted by atomic mass is 9.84. The van der Waals surface area contributed by atoms with Gasteiger partial charge in [-0.15, -0.1) is 0 Å². The Morgan fingerprint density at radius 1 is 0.562 bits per heavy atom. The van der Waals surface area contributed by atoms with Crippen molar-refractivity contribution in [3.63, 3.8) is 0 Å². The summed E-state index contributed by atoms with van der Waals surface area (Å²) in [5.74, 6) is 4.57. The van der Waals surface area contributed by atoms with Crippen LogP contribution in [0.15, 0.2) is 60.7 Å². The van der Waals surface area contributed by atoms with Gasteiger partial charge in [-0.1, -0.05) is 169 Å². The lowest BCUT2D eigenvalue weighted by Gasteiger charge is -2.33. The molecule has 2 aromatic rings. The lowest BCUT2D eigenvalue weighted by molar-refractivity contribution is 0.0702. The molecule has 13 heteroatoms. The number of aliphatic hydroxyl groups is 5. The number of sulfone groups is 1. The molecule has 1 aliphatic carbocycles. The van der Waals surface area contributed by atoms with E-state index in [1.165, 1.54) is 102 Å². The van der Waals surface area contributed by atoms with E-state index in [9.17, 15) is 8.42 Å². The van der Waals surface area contributed by atoms with Crippen molar-refractivity contribution in [2.24, 2.45) is 29.6 Å². The topological polar surface area (TPSA) is 172 Å². The zero-order valence-corrected chi connectivity index (χ0v) is 56.9. The number of hydrogen-bond acceptors (Lipinski definition) is 12. The number of nitrogens with one attached hydrogen (secondary N) is 1. The normalized spacial score (nSPS) is 16.9. The molecule has 0 radical (unpaired) electrons. The van der Waals surface area contributed by atoms with Gasteiger partial charge in [0.1, 0.15) is 0 Å². The maximum atomic E-state index is 10.8. The number of nitrogens with zero attached hydrogens (tertiary/aromatic N) is 2. The predicted octanol–water partition coefficient (Wildman–Crippen LogP) is 13.8. The van der Waals surface area contributed by atoms with Crippen LogP contribution in [0.4, 0.5) is 0 Å². The smallest absolute Gasteiger partial charge is 0.151 e. The highest BCUT2D eigenvalue weighted by Gasteiger charge is 2.17. The molecule has 3 saturated heterocycles. The number of hydrogen-bond donors (Lipinski definition) is 6. The number of piperidine rings is 1. The second-order valence-corrected chi connectivity index (χ2v) is 25.8. The fourth-order valence-electron chi connectivity index (χ4n) is 6.95. The molecule has 6 rings (SSSR count). The van der Waals surface area contributed by atoms with Crippen LogP contribution in [0.1, 0.15) is 211 Å². The number of aryl methyl sites for hydroxylation is 1. The summed E-state index contributed by atoms with van der Waals surface area (Å²) in [6.07, 6.45) is 19.6. The molecule has 0 atom stereocenters. The van der Waals surface area contributed by atoms with Gasteiger partial charge in [-0.25, -0.2) is 8.42 Å². The molecule has 3 heterocycles. The molecule has 0 aromatic heterocycles. The van der Waals surface area contributed by atoms with Crippen molar-refractivity contribution in [3.8, 4) is 0 Å². The number of benzene rings is 2. The minimum Gasteiger partial charge on any atom is -0.396 e. The summed E-state index contributed by atoms with van der Waals surface area (Å²) < 4.78 is 31.1. The molecule has 480 valence electrons. The van der Waals surface area contributed by atoms with E-state index in [1.54, 1.807) is 40.2 Å². The summed E-state index contributed by atoms with van der Waals surface area (Å²) in [5.41, 5.74) is 1.34. The van der Waals surface area contributed by atoms with E-state index in [2.05, 4.69) is 116 Å². The van der Waals surface area contributed by atoms with Crippen LogP contribution >= 0.6 is 0 Å². The summed E-state index contributed by atoms with van der Waals surface area (Å²) >= 11 is 0. The van der Waals surface area contributed by atoms with Crippen molar-refractivity contribution in [3.05, 3.63) is 71.8 Å². The zero-order chi connectivity index (χ0) is 62.7. The Morgan fingerprint density at radius 2 is 0.988 bits per heavy atom. The number of unbranched alkanes of at least 4 members (excludes halogenated alkanes) is 2. The molecule has 1 saturated carbocycles. The average Bonchev–Trinajstić information content (AvgIpc) is 3.40. The Balaban J connectivity index is -0.000000189. The first-order chi connectivity index (χ1) is 37.6. The van der Waals surface area contributed by atoms with Crippen molar-refractivity contribution < 1.29 is 43.4 Å². The molecule has 0 bridgehead atoms.